The van der Waals surface area contributed by atoms with E-state index < -0.39 is 40.7 Å². The summed E-state index contributed by atoms with van der Waals surface area (Å²) in [7, 11) is 0. The molecule has 1 saturated heterocycles. The second-order valence-corrected chi connectivity index (χ2v) is 9.45. The molecule has 0 radical (unpaired) electrons. The quantitative estimate of drug-likeness (QED) is 0.452. The molecule has 0 saturated carbocycles. The van der Waals surface area contributed by atoms with Crippen LogP contribution >= 0.6 is 12.6 Å². The number of aliphatic hydroxyl groups excluding tert-OH is 1. The number of aromatic nitrogens is 2. The first kappa shape index (κ1) is 25.0. The van der Waals surface area contributed by atoms with Crippen LogP contribution in [0.3, 0.4) is 0 Å². The minimum Gasteiger partial charge on any atom is -0.391 e. The lowest BCUT2D eigenvalue weighted by atomic mass is 10.0. The van der Waals surface area contributed by atoms with Crippen molar-refractivity contribution in [2.24, 2.45) is 0 Å². The lowest BCUT2D eigenvalue weighted by molar-refractivity contribution is -0.137. The predicted molar refractivity (Wildman–Crippen MR) is 118 cm³/mol. The largest absolute Gasteiger partial charge is 0.416 e. The van der Waals surface area contributed by atoms with Gasteiger partial charge >= 0.3 is 6.18 Å². The Morgan fingerprint density at radius 2 is 2.00 bits per heavy atom. The summed E-state index contributed by atoms with van der Waals surface area (Å²) in [5.41, 5.74) is -1.35. The molecule has 3 rings (SSSR count). The number of halogens is 3. The predicted octanol–water partition coefficient (Wildman–Crippen LogP) is 1.89. The van der Waals surface area contributed by atoms with Crippen LogP contribution in [0, 0.1) is 0 Å². The maximum Gasteiger partial charge on any atom is 0.416 e. The van der Waals surface area contributed by atoms with E-state index in [2.05, 4.69) is 23.0 Å². The molecule has 1 fully saturated rings. The molecule has 1 aromatic heterocycles. The number of β-amino-alcohol motifs (C(OH)–C–C–N with tert-alkyl or cyclic N) is 1. The van der Waals surface area contributed by atoms with Crippen LogP contribution in [-0.4, -0.2) is 55.7 Å². The minimum absolute atomic E-state index is 0.0194. The molecule has 0 spiro atoms. The van der Waals surface area contributed by atoms with Gasteiger partial charge in [0.05, 0.1) is 29.3 Å². The van der Waals surface area contributed by atoms with Crippen molar-refractivity contribution in [1.29, 1.82) is 0 Å². The van der Waals surface area contributed by atoms with Gasteiger partial charge in [0.2, 0.25) is 11.8 Å². The number of nitrogens with one attached hydrogen (secondary N) is 1. The van der Waals surface area contributed by atoms with Gasteiger partial charge in [-0.05, 0) is 24.1 Å². The maximum atomic E-state index is 13.2. The molecule has 1 aromatic carbocycles. The first-order valence-electron chi connectivity index (χ1n) is 10.3. The lowest BCUT2D eigenvalue weighted by Gasteiger charge is -2.42. The Labute approximate surface area is 193 Å². The van der Waals surface area contributed by atoms with E-state index in [1.54, 1.807) is 13.8 Å². The van der Waals surface area contributed by atoms with E-state index in [1.807, 2.05) is 0 Å². The van der Waals surface area contributed by atoms with E-state index in [0.29, 0.717) is 0 Å². The third-order valence-electron chi connectivity index (χ3n) is 5.43. The highest BCUT2D eigenvalue weighted by Gasteiger charge is 2.39. The van der Waals surface area contributed by atoms with Gasteiger partial charge in [0.15, 0.2) is 0 Å². The van der Waals surface area contributed by atoms with Crippen LogP contribution in [0.15, 0.2) is 23.0 Å². The van der Waals surface area contributed by atoms with Crippen molar-refractivity contribution in [3.63, 3.8) is 0 Å². The number of thiol groups is 1. The number of amides is 2. The second-order valence-electron chi connectivity index (χ2n) is 8.60. The first-order chi connectivity index (χ1) is 15.2. The van der Waals surface area contributed by atoms with E-state index in [9.17, 15) is 32.7 Å². The third kappa shape index (κ3) is 5.49. The van der Waals surface area contributed by atoms with Crippen LogP contribution in [0.25, 0.3) is 10.8 Å². The summed E-state index contributed by atoms with van der Waals surface area (Å²) >= 11 is 4.44. The summed E-state index contributed by atoms with van der Waals surface area (Å²) in [5, 5.41) is 17.0. The normalized spacial score (nSPS) is 21.5. The Morgan fingerprint density at radius 3 is 2.58 bits per heavy atom. The van der Waals surface area contributed by atoms with E-state index in [4.69, 9.17) is 0 Å². The number of rotatable bonds is 4. The van der Waals surface area contributed by atoms with Gasteiger partial charge in [0.25, 0.3) is 5.56 Å². The monoisotopic (exact) mass is 486 g/mol. The third-order valence-corrected chi connectivity index (χ3v) is 5.87. The molecule has 2 heterocycles. The highest BCUT2D eigenvalue weighted by molar-refractivity contribution is 7.81. The summed E-state index contributed by atoms with van der Waals surface area (Å²) in [6.45, 7) is 4.46. The number of likely N-dealkylation sites (tertiary alicyclic amines) is 1. The fraction of sp³-hybridized carbons (Fsp3) is 0.524. The molecule has 180 valence electrons. The number of fused-ring (bicyclic) bond motifs is 1. The molecule has 1 aliphatic heterocycles. The van der Waals surface area contributed by atoms with Crippen molar-refractivity contribution in [2.75, 3.05) is 13.1 Å². The van der Waals surface area contributed by atoms with Crippen molar-refractivity contribution in [1.82, 2.24) is 20.0 Å². The van der Waals surface area contributed by atoms with Crippen LogP contribution in [0.4, 0.5) is 13.2 Å². The fourth-order valence-electron chi connectivity index (χ4n) is 3.94. The van der Waals surface area contributed by atoms with Crippen LogP contribution in [-0.2, 0) is 22.3 Å². The molecule has 8 nitrogen and oxygen atoms in total. The molecule has 2 amide bonds. The Balaban J connectivity index is 1.92. The molecule has 0 aliphatic carbocycles. The number of benzene rings is 1. The van der Waals surface area contributed by atoms with Crippen LogP contribution in [0.2, 0.25) is 0 Å². The van der Waals surface area contributed by atoms with E-state index in [-0.39, 0.29) is 47.8 Å². The number of alkyl halides is 3. The number of carbonyl (C=O) groups excluding carboxylic acids is 2. The van der Waals surface area contributed by atoms with Crippen molar-refractivity contribution in [2.45, 2.75) is 56.8 Å². The van der Waals surface area contributed by atoms with Gasteiger partial charge in [0.1, 0.15) is 11.4 Å². The van der Waals surface area contributed by atoms with Crippen molar-refractivity contribution >= 4 is 35.2 Å². The smallest absolute Gasteiger partial charge is 0.391 e. The highest BCUT2D eigenvalue weighted by Crippen LogP contribution is 2.32. The molecule has 0 unspecified atom stereocenters. The van der Waals surface area contributed by atoms with Crippen molar-refractivity contribution in [3.05, 3.63) is 39.8 Å². The average molecular weight is 487 g/mol. The van der Waals surface area contributed by atoms with E-state index >= 15 is 0 Å². The molecule has 2 N–H and O–H groups in total. The summed E-state index contributed by atoms with van der Waals surface area (Å²) in [5.74, 6) is -1.24. The Hall–Kier alpha value is -2.60. The fourth-order valence-corrected chi connectivity index (χ4v) is 4.45. The van der Waals surface area contributed by atoms with Gasteiger partial charge in [0, 0.05) is 25.3 Å². The topological polar surface area (TPSA) is 105 Å². The van der Waals surface area contributed by atoms with Gasteiger partial charge in [-0.2, -0.15) is 18.3 Å². The number of nitrogens with zero attached hydrogens (tertiary/aromatic N) is 3. The van der Waals surface area contributed by atoms with Gasteiger partial charge in [-0.3, -0.25) is 14.4 Å². The molecule has 33 heavy (non-hydrogen) atoms. The van der Waals surface area contributed by atoms with Crippen molar-refractivity contribution < 1.29 is 27.9 Å². The number of aliphatic hydroxyl groups is 1. The van der Waals surface area contributed by atoms with E-state index in [1.165, 1.54) is 11.8 Å². The van der Waals surface area contributed by atoms with E-state index in [0.717, 1.165) is 22.9 Å². The van der Waals surface area contributed by atoms with Gasteiger partial charge < -0.3 is 15.3 Å². The molecular weight excluding hydrogens is 461 g/mol. The molecule has 12 heteroatoms. The number of carbonyl (C=O) groups is 2. The van der Waals surface area contributed by atoms with Crippen LogP contribution in [0.1, 0.15) is 44.4 Å². The number of piperidine rings is 1. The van der Waals surface area contributed by atoms with Gasteiger partial charge in [-0.1, -0.05) is 13.8 Å². The molecular formula is C21H25F3N4O4S. The summed E-state index contributed by atoms with van der Waals surface area (Å²) in [6.07, 6.45) is -5.38. The molecule has 1 aliphatic rings. The Bertz CT molecular complexity index is 1150. The standard InChI is InChI=1S/C21H25F3N4O4S/c1-11(2)18-16-6-13(21(22,23)24)4-5-15(16)19(32)28(26-18)9-17(31)25-20(33)7-14(30)8-27(10-20)12(3)29/h4-6,11,14,30,33H,7-10H2,1-3H3,(H,25,31)/t14-,20+/m1/s1. The SMILES string of the molecule is CC(=O)N1C[C@H](O)C[C@@](S)(NC(=O)Cn2nc(C(C)C)c3cc(C(F)(F)F)ccc3c2=O)C1. The average Bonchev–Trinajstić information content (AvgIpc) is 2.67. The summed E-state index contributed by atoms with van der Waals surface area (Å²) in [6, 6.07) is 2.80. The van der Waals surface area contributed by atoms with Crippen LogP contribution in [0.5, 0.6) is 0 Å². The van der Waals surface area contributed by atoms with Crippen LogP contribution < -0.4 is 10.9 Å². The highest BCUT2D eigenvalue weighted by atomic mass is 32.1. The lowest BCUT2D eigenvalue weighted by Crippen LogP contribution is -2.60. The second kappa shape index (κ2) is 8.98. The van der Waals surface area contributed by atoms with Gasteiger partial charge in [-0.15, -0.1) is 12.6 Å². The number of hydrogen-bond donors (Lipinski definition) is 3. The zero-order valence-electron chi connectivity index (χ0n) is 18.3. The van der Waals surface area contributed by atoms with Crippen molar-refractivity contribution in [3.8, 4) is 0 Å². The Kier molecular flexibility index (Phi) is 6.81. The Morgan fingerprint density at radius 1 is 1.33 bits per heavy atom. The summed E-state index contributed by atoms with van der Waals surface area (Å²) in [4.78, 5) is 37.5. The minimum atomic E-state index is -4.57. The zero-order valence-corrected chi connectivity index (χ0v) is 19.2. The molecule has 2 aromatic rings. The molecule has 0 bridgehead atoms. The van der Waals surface area contributed by atoms with Gasteiger partial charge in [-0.25, -0.2) is 4.68 Å². The maximum absolute atomic E-state index is 13.2. The molecule has 2 atom stereocenters. The zero-order chi connectivity index (χ0) is 24.7. The first-order valence-corrected chi connectivity index (χ1v) is 10.7. The summed E-state index contributed by atoms with van der Waals surface area (Å²) < 4.78 is 40.4. The number of hydrogen-bond acceptors (Lipinski definition) is 6.